The number of ether oxygens (including phenoxy) is 1. The number of aromatic nitrogens is 4. The molecular weight excluding hydrogens is 505 g/mol. The molecule has 3 aliphatic carbocycles. The van der Waals surface area contributed by atoms with Crippen molar-refractivity contribution in [2.24, 2.45) is 5.92 Å². The largest absolute Gasteiger partial charge is 0.490 e. The number of pyridine rings is 1. The number of hydrogen-bond donors (Lipinski definition) is 2. The highest BCUT2D eigenvalue weighted by Gasteiger charge is 2.58. The van der Waals surface area contributed by atoms with Crippen molar-refractivity contribution in [2.75, 3.05) is 5.32 Å². The van der Waals surface area contributed by atoms with Crippen molar-refractivity contribution in [2.45, 2.75) is 57.2 Å². The summed E-state index contributed by atoms with van der Waals surface area (Å²) in [5.74, 6) is -1.82. The Balaban J connectivity index is 0.000000405. The number of anilines is 1. The molecule has 2 N–H and O–H groups in total. The molecule has 198 valence electrons. The van der Waals surface area contributed by atoms with Crippen LogP contribution in [0.4, 0.5) is 27.6 Å². The number of carbonyl (C=O) groups excluding carboxylic acids is 1. The lowest BCUT2D eigenvalue weighted by molar-refractivity contribution is -0.192. The number of carboxylic acid groups (broad SMARTS) is 1. The van der Waals surface area contributed by atoms with Gasteiger partial charge in [0.15, 0.2) is 0 Å². The molecule has 3 aromatic heterocycles. The minimum absolute atomic E-state index is 0.108. The Morgan fingerprint density at radius 1 is 1.14 bits per heavy atom. The highest BCUT2D eigenvalue weighted by atomic mass is 19.4. The third kappa shape index (κ3) is 5.47. The number of carbonyl (C=O) groups is 2. The highest BCUT2D eigenvalue weighted by molar-refractivity contribution is 6.03. The van der Waals surface area contributed by atoms with Crippen LogP contribution in [-0.2, 0) is 10.2 Å². The summed E-state index contributed by atoms with van der Waals surface area (Å²) in [6, 6.07) is 3.94. The Bertz CT molecular complexity index is 1320. The van der Waals surface area contributed by atoms with Gasteiger partial charge in [0.05, 0.1) is 11.8 Å². The van der Waals surface area contributed by atoms with E-state index in [4.69, 9.17) is 14.6 Å². The summed E-state index contributed by atoms with van der Waals surface area (Å²) in [4.78, 5) is 34.5. The Morgan fingerprint density at radius 2 is 1.78 bits per heavy atom. The van der Waals surface area contributed by atoms with Crippen LogP contribution in [0.15, 0.2) is 30.6 Å². The van der Waals surface area contributed by atoms with Gasteiger partial charge in [-0.1, -0.05) is 6.07 Å². The van der Waals surface area contributed by atoms with Gasteiger partial charge in [-0.2, -0.15) is 18.2 Å². The second kappa shape index (κ2) is 9.56. The summed E-state index contributed by atoms with van der Waals surface area (Å²) in [6.45, 7) is 3.70. The number of halogens is 5. The summed E-state index contributed by atoms with van der Waals surface area (Å²) in [5, 5.41) is 9.82. The van der Waals surface area contributed by atoms with Gasteiger partial charge in [0.25, 0.3) is 12.3 Å². The summed E-state index contributed by atoms with van der Waals surface area (Å²) in [7, 11) is 0. The predicted molar refractivity (Wildman–Crippen MR) is 119 cm³/mol. The van der Waals surface area contributed by atoms with Crippen molar-refractivity contribution in [3.05, 3.63) is 47.7 Å². The van der Waals surface area contributed by atoms with E-state index in [0.29, 0.717) is 11.5 Å². The monoisotopic (exact) mass is 527 g/mol. The van der Waals surface area contributed by atoms with Gasteiger partial charge in [0.1, 0.15) is 17.1 Å². The first-order valence-electron chi connectivity index (χ1n) is 11.2. The second-order valence-electron chi connectivity index (χ2n) is 9.22. The number of alkyl halides is 5. The quantitative estimate of drug-likeness (QED) is 0.443. The maximum atomic E-state index is 12.9. The van der Waals surface area contributed by atoms with Crippen molar-refractivity contribution in [1.29, 1.82) is 0 Å². The molecule has 3 aliphatic rings. The average molecular weight is 527 g/mol. The van der Waals surface area contributed by atoms with Crippen LogP contribution >= 0.6 is 0 Å². The van der Waals surface area contributed by atoms with Crippen LogP contribution in [0, 0.1) is 5.92 Å². The van der Waals surface area contributed by atoms with E-state index >= 15 is 0 Å². The maximum absolute atomic E-state index is 12.9. The molecule has 9 nitrogen and oxygen atoms in total. The van der Waals surface area contributed by atoms with Crippen molar-refractivity contribution in [3.8, 4) is 5.88 Å². The maximum Gasteiger partial charge on any atom is 0.490 e. The molecule has 0 aliphatic heterocycles. The van der Waals surface area contributed by atoms with Crippen molar-refractivity contribution < 1.29 is 41.4 Å². The Kier molecular flexibility index (Phi) is 6.78. The van der Waals surface area contributed by atoms with Crippen LogP contribution in [-0.4, -0.2) is 48.6 Å². The minimum Gasteiger partial charge on any atom is -0.475 e. The number of imidazole rings is 1. The fourth-order valence-electron chi connectivity index (χ4n) is 4.24. The van der Waals surface area contributed by atoms with Crippen LogP contribution in [0.5, 0.6) is 5.88 Å². The van der Waals surface area contributed by atoms with Gasteiger partial charge in [-0.15, -0.1) is 0 Å². The molecule has 37 heavy (non-hydrogen) atoms. The molecular formula is C23H22F5N5O4. The van der Waals surface area contributed by atoms with Crippen LogP contribution in [0.2, 0.25) is 0 Å². The van der Waals surface area contributed by atoms with Gasteiger partial charge in [-0.3, -0.25) is 9.20 Å². The SMILES string of the molecule is CC(C)Oc1nc2nc(C34CC(C3)C4)cn2cc1NC(=O)c1cccc(C(F)F)n1.O=C(O)C(F)(F)F. The standard InChI is InChI=1S/C21H21F2N5O2.C2HF3O2/c1-11(2)30-19-15(25-18(29)14-5-3-4-13(24-14)17(22)23)9-28-10-16(26-20(28)27-19)21-6-12(7-21)8-21;3-2(4,5)1(6)7/h3-5,9-12,17H,6-8H2,1-2H3,(H,25,29);(H,6,7). The average Bonchev–Trinajstić information content (AvgIpc) is 3.13. The molecule has 0 radical (unpaired) electrons. The van der Waals surface area contributed by atoms with E-state index < -0.39 is 30.2 Å². The molecule has 3 heterocycles. The second-order valence-corrected chi connectivity index (χ2v) is 9.22. The van der Waals surface area contributed by atoms with Gasteiger partial charge < -0.3 is 15.2 Å². The summed E-state index contributed by atoms with van der Waals surface area (Å²) in [6.07, 6.45) is -0.870. The molecule has 6 rings (SSSR count). The first-order valence-corrected chi connectivity index (χ1v) is 11.2. The van der Waals surface area contributed by atoms with Crippen molar-refractivity contribution >= 4 is 23.3 Å². The Hall–Kier alpha value is -3.84. The third-order valence-electron chi connectivity index (χ3n) is 6.06. The summed E-state index contributed by atoms with van der Waals surface area (Å²) >= 11 is 0. The first kappa shape index (κ1) is 26.2. The Labute approximate surface area is 206 Å². The number of hydrogen-bond acceptors (Lipinski definition) is 6. The van der Waals surface area contributed by atoms with Crippen LogP contribution < -0.4 is 10.1 Å². The van der Waals surface area contributed by atoms with Crippen LogP contribution in [0.1, 0.15) is 61.4 Å². The van der Waals surface area contributed by atoms with E-state index in [2.05, 4.69) is 20.3 Å². The number of amides is 1. The van der Waals surface area contributed by atoms with E-state index in [-0.39, 0.29) is 23.1 Å². The zero-order chi connectivity index (χ0) is 27.1. The smallest absolute Gasteiger partial charge is 0.475 e. The van der Waals surface area contributed by atoms with Gasteiger partial charge in [-0.05, 0) is 51.2 Å². The molecule has 0 atom stereocenters. The molecule has 0 saturated heterocycles. The molecule has 0 unspecified atom stereocenters. The topological polar surface area (TPSA) is 119 Å². The van der Waals surface area contributed by atoms with Gasteiger partial charge in [0, 0.05) is 17.8 Å². The predicted octanol–water partition coefficient (Wildman–Crippen LogP) is 4.79. The number of nitrogens with zero attached hydrogens (tertiary/aromatic N) is 4. The van der Waals surface area contributed by atoms with Crippen molar-refractivity contribution in [3.63, 3.8) is 0 Å². The lowest BCUT2D eigenvalue weighted by Crippen LogP contribution is -2.55. The van der Waals surface area contributed by atoms with Crippen LogP contribution in [0.25, 0.3) is 5.78 Å². The molecule has 3 aromatic rings. The summed E-state index contributed by atoms with van der Waals surface area (Å²) < 4.78 is 65.1. The van der Waals surface area contributed by atoms with Gasteiger partial charge in [-0.25, -0.2) is 23.5 Å². The molecule has 3 saturated carbocycles. The zero-order valence-corrected chi connectivity index (χ0v) is 19.6. The molecule has 1 amide bonds. The molecule has 2 bridgehead atoms. The zero-order valence-electron chi connectivity index (χ0n) is 19.6. The fraction of sp³-hybridized carbons (Fsp3) is 0.435. The lowest BCUT2D eigenvalue weighted by atomic mass is 9.43. The normalized spacial score (nSPS) is 20.1. The highest BCUT2D eigenvalue weighted by Crippen LogP contribution is 2.64. The number of rotatable bonds is 6. The van der Waals surface area contributed by atoms with Crippen molar-refractivity contribution in [1.82, 2.24) is 19.4 Å². The van der Waals surface area contributed by atoms with Gasteiger partial charge >= 0.3 is 12.1 Å². The van der Waals surface area contributed by atoms with Gasteiger partial charge in [0.2, 0.25) is 11.7 Å². The number of carboxylic acids is 1. The Morgan fingerprint density at radius 3 is 2.30 bits per heavy atom. The molecule has 0 spiro atoms. The first-order chi connectivity index (χ1) is 17.3. The van der Waals surface area contributed by atoms with E-state index in [0.717, 1.165) is 11.6 Å². The fourth-order valence-corrected chi connectivity index (χ4v) is 4.24. The lowest BCUT2D eigenvalue weighted by Gasteiger charge is -2.60. The van der Waals surface area contributed by atoms with E-state index in [1.54, 1.807) is 10.6 Å². The minimum atomic E-state index is -5.08. The number of fused-ring (bicyclic) bond motifs is 1. The molecule has 14 heteroatoms. The third-order valence-corrected chi connectivity index (χ3v) is 6.06. The van der Waals surface area contributed by atoms with E-state index in [9.17, 15) is 26.7 Å². The van der Waals surface area contributed by atoms with Crippen LogP contribution in [0.3, 0.4) is 0 Å². The molecule has 0 aromatic carbocycles. The number of nitrogens with one attached hydrogen (secondary N) is 1. The molecule has 3 fully saturated rings. The van der Waals surface area contributed by atoms with E-state index in [1.165, 1.54) is 37.5 Å². The van der Waals surface area contributed by atoms with E-state index in [1.807, 2.05) is 20.0 Å². The number of aliphatic carboxylic acids is 1. The summed E-state index contributed by atoms with van der Waals surface area (Å²) in [5.41, 5.74) is 0.964.